The van der Waals surface area contributed by atoms with E-state index in [4.69, 9.17) is 16.6 Å². The summed E-state index contributed by atoms with van der Waals surface area (Å²) in [6.45, 7) is 4.33. The Morgan fingerprint density at radius 2 is 2.20 bits per heavy atom. The number of halogens is 1. The molecule has 3 aromatic rings. The molecule has 1 atom stereocenters. The molecule has 3 heterocycles. The van der Waals surface area contributed by atoms with Crippen molar-refractivity contribution in [3.05, 3.63) is 59.0 Å². The first-order valence-corrected chi connectivity index (χ1v) is 8.91. The van der Waals surface area contributed by atoms with E-state index >= 15 is 0 Å². The third-order valence-electron chi connectivity index (χ3n) is 4.76. The van der Waals surface area contributed by atoms with Crippen LogP contribution in [-0.4, -0.2) is 38.4 Å². The van der Waals surface area contributed by atoms with E-state index in [9.17, 15) is 4.79 Å². The fourth-order valence-electron chi connectivity index (χ4n) is 3.56. The molecular weight excluding hydrogens is 336 g/mol. The highest BCUT2D eigenvalue weighted by molar-refractivity contribution is 6.30. The topological polar surface area (TPSA) is 51.0 Å². The van der Waals surface area contributed by atoms with Crippen LogP contribution in [0.25, 0.3) is 11.2 Å². The Hall–Kier alpha value is -2.40. The first kappa shape index (κ1) is 16.1. The van der Waals surface area contributed by atoms with Crippen molar-refractivity contribution in [3.63, 3.8) is 0 Å². The van der Waals surface area contributed by atoms with Gasteiger partial charge in [-0.25, -0.2) is 9.97 Å². The molecule has 1 unspecified atom stereocenters. The Kier molecular flexibility index (Phi) is 4.17. The van der Waals surface area contributed by atoms with Gasteiger partial charge >= 0.3 is 0 Å². The molecule has 0 N–H and O–H groups in total. The smallest absolute Gasteiger partial charge is 0.253 e. The predicted octanol–water partition coefficient (Wildman–Crippen LogP) is 3.73. The Morgan fingerprint density at radius 3 is 3.00 bits per heavy atom. The summed E-state index contributed by atoms with van der Waals surface area (Å²) >= 11 is 6.01. The van der Waals surface area contributed by atoms with Crippen LogP contribution >= 0.6 is 11.6 Å². The number of benzene rings is 1. The van der Waals surface area contributed by atoms with E-state index in [2.05, 4.69) is 16.5 Å². The molecule has 1 aliphatic heterocycles. The van der Waals surface area contributed by atoms with Gasteiger partial charge in [0, 0.05) is 42.3 Å². The Morgan fingerprint density at radius 1 is 1.32 bits per heavy atom. The van der Waals surface area contributed by atoms with Gasteiger partial charge in [0.2, 0.25) is 0 Å². The molecule has 0 bridgehead atoms. The van der Waals surface area contributed by atoms with Crippen molar-refractivity contribution in [2.45, 2.75) is 25.8 Å². The number of carbonyl (C=O) groups excluding carboxylic acids is 1. The van der Waals surface area contributed by atoms with Crippen LogP contribution < -0.4 is 0 Å². The molecule has 1 fully saturated rings. The number of amides is 1. The second kappa shape index (κ2) is 6.48. The van der Waals surface area contributed by atoms with E-state index in [1.165, 1.54) is 0 Å². The molecule has 0 aliphatic carbocycles. The van der Waals surface area contributed by atoms with Gasteiger partial charge in [0.05, 0.1) is 0 Å². The van der Waals surface area contributed by atoms with Gasteiger partial charge in [-0.3, -0.25) is 4.79 Å². The number of carbonyl (C=O) groups is 1. The number of aryl methyl sites for hydroxylation is 1. The summed E-state index contributed by atoms with van der Waals surface area (Å²) in [4.78, 5) is 23.9. The van der Waals surface area contributed by atoms with Gasteiger partial charge < -0.3 is 9.47 Å². The van der Waals surface area contributed by atoms with Crippen molar-refractivity contribution in [1.29, 1.82) is 0 Å². The number of hydrogen-bond donors (Lipinski definition) is 0. The molecule has 25 heavy (non-hydrogen) atoms. The van der Waals surface area contributed by atoms with E-state index in [1.807, 2.05) is 29.2 Å². The van der Waals surface area contributed by atoms with Gasteiger partial charge in [0.25, 0.3) is 5.91 Å². The Labute approximate surface area is 151 Å². The average Bonchev–Trinajstić information content (AvgIpc) is 3.25. The largest absolute Gasteiger partial charge is 0.338 e. The SMILES string of the molecule is CCn1c(C2CCN(C(=O)c3cccc(Cl)c3)C2)nc2cccnc21. The van der Waals surface area contributed by atoms with Gasteiger partial charge in [-0.15, -0.1) is 0 Å². The molecule has 0 spiro atoms. The molecule has 0 saturated carbocycles. The summed E-state index contributed by atoms with van der Waals surface area (Å²) in [5, 5.41) is 0.584. The Bertz CT molecular complexity index is 936. The normalized spacial score (nSPS) is 17.4. The van der Waals surface area contributed by atoms with Crippen molar-refractivity contribution in [1.82, 2.24) is 19.4 Å². The van der Waals surface area contributed by atoms with E-state index in [1.54, 1.807) is 18.3 Å². The van der Waals surface area contributed by atoms with Crippen LogP contribution in [0.1, 0.15) is 35.4 Å². The maximum Gasteiger partial charge on any atom is 0.253 e. The first-order valence-electron chi connectivity index (χ1n) is 8.53. The van der Waals surface area contributed by atoms with Crippen molar-refractivity contribution in [2.24, 2.45) is 0 Å². The summed E-state index contributed by atoms with van der Waals surface area (Å²) in [6, 6.07) is 11.0. The summed E-state index contributed by atoms with van der Waals surface area (Å²) in [5.41, 5.74) is 2.47. The number of aromatic nitrogens is 3. The van der Waals surface area contributed by atoms with Crippen LogP contribution in [0.4, 0.5) is 0 Å². The van der Waals surface area contributed by atoms with Crippen LogP contribution in [0.3, 0.4) is 0 Å². The highest BCUT2D eigenvalue weighted by Crippen LogP contribution is 2.30. The molecule has 1 saturated heterocycles. The van der Waals surface area contributed by atoms with E-state index < -0.39 is 0 Å². The predicted molar refractivity (Wildman–Crippen MR) is 97.9 cm³/mol. The van der Waals surface area contributed by atoms with Crippen molar-refractivity contribution >= 4 is 28.7 Å². The quantitative estimate of drug-likeness (QED) is 0.720. The number of rotatable bonds is 3. The minimum absolute atomic E-state index is 0.0299. The standard InChI is InChI=1S/C19H19ClN4O/c1-2-24-17(22-16-7-4-9-21-18(16)24)14-8-10-23(12-14)19(25)13-5-3-6-15(20)11-13/h3-7,9,11,14H,2,8,10,12H2,1H3. The van der Waals surface area contributed by atoms with Crippen molar-refractivity contribution < 1.29 is 4.79 Å². The Balaban J connectivity index is 1.59. The second-order valence-electron chi connectivity index (χ2n) is 6.31. The van der Waals surface area contributed by atoms with Crippen molar-refractivity contribution in [2.75, 3.05) is 13.1 Å². The highest BCUT2D eigenvalue weighted by Gasteiger charge is 2.31. The van der Waals surface area contributed by atoms with Crippen LogP contribution in [0.2, 0.25) is 5.02 Å². The van der Waals surface area contributed by atoms with Gasteiger partial charge in [0.1, 0.15) is 11.3 Å². The molecule has 6 heteroatoms. The lowest BCUT2D eigenvalue weighted by molar-refractivity contribution is 0.0790. The minimum atomic E-state index is 0.0299. The number of pyridine rings is 1. The van der Waals surface area contributed by atoms with Gasteiger partial charge in [-0.2, -0.15) is 0 Å². The average molecular weight is 355 g/mol. The third kappa shape index (κ3) is 2.89. The first-order chi connectivity index (χ1) is 12.2. The van der Waals surface area contributed by atoms with E-state index in [0.717, 1.165) is 36.5 Å². The highest BCUT2D eigenvalue weighted by atomic mass is 35.5. The van der Waals surface area contributed by atoms with Gasteiger partial charge in [-0.05, 0) is 43.7 Å². The molecular formula is C19H19ClN4O. The number of nitrogens with zero attached hydrogens (tertiary/aromatic N) is 4. The summed E-state index contributed by atoms with van der Waals surface area (Å²) in [6.07, 6.45) is 2.71. The second-order valence-corrected chi connectivity index (χ2v) is 6.74. The third-order valence-corrected chi connectivity index (χ3v) is 5.00. The molecule has 1 aliphatic rings. The van der Waals surface area contributed by atoms with Crippen molar-refractivity contribution in [3.8, 4) is 0 Å². The zero-order valence-corrected chi connectivity index (χ0v) is 14.8. The van der Waals surface area contributed by atoms with E-state index in [0.29, 0.717) is 17.1 Å². The lowest BCUT2D eigenvalue weighted by Crippen LogP contribution is -2.28. The maximum absolute atomic E-state index is 12.7. The molecule has 0 radical (unpaired) electrons. The number of likely N-dealkylation sites (tertiary alicyclic amines) is 1. The van der Waals surface area contributed by atoms with Gasteiger partial charge in [-0.1, -0.05) is 17.7 Å². The monoisotopic (exact) mass is 354 g/mol. The van der Waals surface area contributed by atoms with Crippen LogP contribution in [-0.2, 0) is 6.54 Å². The molecule has 2 aromatic heterocycles. The minimum Gasteiger partial charge on any atom is -0.338 e. The lowest BCUT2D eigenvalue weighted by atomic mass is 10.1. The summed E-state index contributed by atoms with van der Waals surface area (Å²) in [5.74, 6) is 1.29. The molecule has 4 rings (SSSR count). The molecule has 1 aromatic carbocycles. The molecule has 128 valence electrons. The number of imidazole rings is 1. The van der Waals surface area contributed by atoms with Crippen LogP contribution in [0.15, 0.2) is 42.6 Å². The lowest BCUT2D eigenvalue weighted by Gasteiger charge is -2.17. The molecule has 5 nitrogen and oxygen atoms in total. The van der Waals surface area contributed by atoms with Crippen LogP contribution in [0, 0.1) is 0 Å². The number of hydrogen-bond acceptors (Lipinski definition) is 3. The van der Waals surface area contributed by atoms with Crippen LogP contribution in [0.5, 0.6) is 0 Å². The fraction of sp³-hybridized carbons (Fsp3) is 0.316. The maximum atomic E-state index is 12.7. The summed E-state index contributed by atoms with van der Waals surface area (Å²) < 4.78 is 2.16. The zero-order valence-electron chi connectivity index (χ0n) is 14.0. The van der Waals surface area contributed by atoms with E-state index in [-0.39, 0.29) is 11.8 Å². The summed E-state index contributed by atoms with van der Waals surface area (Å²) in [7, 11) is 0. The molecule has 1 amide bonds. The zero-order chi connectivity index (χ0) is 17.4. The van der Waals surface area contributed by atoms with Gasteiger partial charge in [0.15, 0.2) is 5.65 Å². The fourth-order valence-corrected chi connectivity index (χ4v) is 3.75. The number of fused-ring (bicyclic) bond motifs is 1.